The minimum atomic E-state index is -0.944. The van der Waals surface area contributed by atoms with E-state index in [-0.39, 0.29) is 5.69 Å². The lowest BCUT2D eigenvalue weighted by Gasteiger charge is -1.93. The second kappa shape index (κ2) is 3.38. The van der Waals surface area contributed by atoms with Crippen LogP contribution in [0.1, 0.15) is 10.5 Å². The number of H-pyrrole nitrogens is 2. The topological polar surface area (TPSA) is 68.9 Å². The molecule has 0 spiro atoms. The van der Waals surface area contributed by atoms with E-state index in [1.165, 1.54) is 0 Å². The summed E-state index contributed by atoms with van der Waals surface area (Å²) in [5.41, 5.74) is 3.05. The third-order valence-corrected chi connectivity index (χ3v) is 3.50. The predicted molar refractivity (Wildman–Crippen MR) is 74.6 cm³/mol. The number of aromatic nitrogens is 2. The van der Waals surface area contributed by atoms with Crippen molar-refractivity contribution in [1.82, 2.24) is 9.97 Å². The Bertz CT molecular complexity index is 947. The van der Waals surface area contributed by atoms with Gasteiger partial charge in [0.2, 0.25) is 0 Å². The smallest absolute Gasteiger partial charge is 0.352 e. The largest absolute Gasteiger partial charge is 0.477 e. The van der Waals surface area contributed by atoms with Crippen LogP contribution in [0.25, 0.3) is 32.7 Å². The van der Waals surface area contributed by atoms with Crippen molar-refractivity contribution in [3.8, 4) is 0 Å². The van der Waals surface area contributed by atoms with Crippen molar-refractivity contribution >= 4 is 38.7 Å². The first-order valence-electron chi connectivity index (χ1n) is 5.99. The van der Waals surface area contributed by atoms with E-state index in [2.05, 4.69) is 16.0 Å². The highest BCUT2D eigenvalue weighted by molar-refractivity contribution is 6.16. The number of carbonyl (C=O) groups is 1. The number of hydrogen-bond acceptors (Lipinski definition) is 1. The number of benzene rings is 2. The molecule has 19 heavy (non-hydrogen) atoms. The number of para-hydroxylation sites is 1. The van der Waals surface area contributed by atoms with Gasteiger partial charge in [-0.1, -0.05) is 30.3 Å². The first-order chi connectivity index (χ1) is 9.24. The predicted octanol–water partition coefficient (Wildman–Crippen LogP) is 3.50. The molecule has 4 aromatic rings. The summed E-state index contributed by atoms with van der Waals surface area (Å²) in [4.78, 5) is 17.4. The molecule has 0 atom stereocenters. The van der Waals surface area contributed by atoms with Crippen molar-refractivity contribution in [2.75, 3.05) is 0 Å². The molecule has 92 valence electrons. The fourth-order valence-corrected chi connectivity index (χ4v) is 2.63. The fourth-order valence-electron chi connectivity index (χ4n) is 2.63. The van der Waals surface area contributed by atoms with Gasteiger partial charge in [-0.3, -0.25) is 0 Å². The summed E-state index contributed by atoms with van der Waals surface area (Å²) >= 11 is 0. The number of carboxylic acids is 1. The minimum absolute atomic E-state index is 0.209. The quantitative estimate of drug-likeness (QED) is 0.484. The Kier molecular flexibility index (Phi) is 1.82. The second-order valence-electron chi connectivity index (χ2n) is 4.61. The number of nitrogens with one attached hydrogen (secondary N) is 2. The van der Waals surface area contributed by atoms with Gasteiger partial charge in [-0.15, -0.1) is 0 Å². The summed E-state index contributed by atoms with van der Waals surface area (Å²) in [6, 6.07) is 13.7. The fraction of sp³-hybridized carbons (Fsp3) is 0. The molecule has 4 heteroatoms. The number of aromatic amines is 2. The Balaban J connectivity index is 2.21. The van der Waals surface area contributed by atoms with Crippen LogP contribution in [-0.2, 0) is 0 Å². The van der Waals surface area contributed by atoms with Gasteiger partial charge in [0.15, 0.2) is 0 Å². The zero-order chi connectivity index (χ0) is 13.0. The summed E-state index contributed by atoms with van der Waals surface area (Å²) in [6.07, 6.45) is 0. The first-order valence-corrected chi connectivity index (χ1v) is 5.99. The van der Waals surface area contributed by atoms with E-state index >= 15 is 0 Å². The molecule has 2 aromatic heterocycles. The van der Waals surface area contributed by atoms with Crippen molar-refractivity contribution in [2.45, 2.75) is 0 Å². The van der Waals surface area contributed by atoms with E-state index in [1.54, 1.807) is 6.07 Å². The van der Waals surface area contributed by atoms with E-state index in [9.17, 15) is 4.79 Å². The third kappa shape index (κ3) is 1.31. The van der Waals surface area contributed by atoms with Crippen LogP contribution in [0.4, 0.5) is 0 Å². The van der Waals surface area contributed by atoms with Crippen molar-refractivity contribution in [3.63, 3.8) is 0 Å². The Hall–Kier alpha value is -2.75. The number of rotatable bonds is 1. The SMILES string of the molecule is O=C(O)c1cc2ccc3c4ccccc4[nH]c3c2[nH]1. The van der Waals surface area contributed by atoms with Gasteiger partial charge in [0.1, 0.15) is 5.69 Å². The molecule has 4 nitrogen and oxygen atoms in total. The zero-order valence-electron chi connectivity index (χ0n) is 9.90. The summed E-state index contributed by atoms with van der Waals surface area (Å²) in [6.45, 7) is 0. The average molecular weight is 250 g/mol. The van der Waals surface area contributed by atoms with E-state index in [1.807, 2.05) is 30.3 Å². The number of hydrogen-bond donors (Lipinski definition) is 3. The molecule has 0 amide bonds. The van der Waals surface area contributed by atoms with E-state index in [0.717, 1.165) is 32.7 Å². The lowest BCUT2D eigenvalue weighted by Crippen LogP contribution is -1.94. The first kappa shape index (κ1) is 10.2. The van der Waals surface area contributed by atoms with Gasteiger partial charge < -0.3 is 15.1 Å². The standard InChI is InChI=1S/C15H10N2O2/c18-15(19)12-7-8-5-6-10-9-3-1-2-4-11(9)16-14(10)13(8)17-12/h1-7,16-17H,(H,18,19). The molecule has 2 heterocycles. The minimum Gasteiger partial charge on any atom is -0.477 e. The molecule has 4 rings (SSSR count). The molecule has 0 unspecified atom stereocenters. The highest BCUT2D eigenvalue weighted by atomic mass is 16.4. The summed E-state index contributed by atoms with van der Waals surface area (Å²) in [5.74, 6) is -0.944. The Labute approximate surface area is 107 Å². The van der Waals surface area contributed by atoms with Gasteiger partial charge in [-0.05, 0) is 12.1 Å². The van der Waals surface area contributed by atoms with Crippen LogP contribution in [0.2, 0.25) is 0 Å². The highest BCUT2D eigenvalue weighted by Crippen LogP contribution is 2.30. The van der Waals surface area contributed by atoms with Crippen molar-refractivity contribution in [3.05, 3.63) is 48.2 Å². The van der Waals surface area contributed by atoms with Gasteiger partial charge in [0, 0.05) is 21.7 Å². The van der Waals surface area contributed by atoms with Crippen LogP contribution in [0.15, 0.2) is 42.5 Å². The maximum atomic E-state index is 11.0. The van der Waals surface area contributed by atoms with E-state index in [4.69, 9.17) is 5.11 Å². The monoisotopic (exact) mass is 250 g/mol. The van der Waals surface area contributed by atoms with Gasteiger partial charge >= 0.3 is 5.97 Å². The molecule has 0 saturated carbocycles. The van der Waals surface area contributed by atoms with Crippen LogP contribution in [0.5, 0.6) is 0 Å². The van der Waals surface area contributed by atoms with Crippen molar-refractivity contribution in [1.29, 1.82) is 0 Å². The molecule has 0 fully saturated rings. The third-order valence-electron chi connectivity index (χ3n) is 3.50. The Morgan fingerprint density at radius 1 is 0.947 bits per heavy atom. The maximum Gasteiger partial charge on any atom is 0.352 e. The Morgan fingerprint density at radius 2 is 1.79 bits per heavy atom. The summed E-state index contributed by atoms with van der Waals surface area (Å²) in [5, 5.41) is 12.2. The van der Waals surface area contributed by atoms with Crippen LogP contribution < -0.4 is 0 Å². The molecule has 0 radical (unpaired) electrons. The molecule has 3 N–H and O–H groups in total. The number of fused-ring (bicyclic) bond motifs is 5. The van der Waals surface area contributed by atoms with Gasteiger partial charge in [-0.2, -0.15) is 0 Å². The molecular weight excluding hydrogens is 240 g/mol. The lowest BCUT2D eigenvalue weighted by atomic mass is 10.1. The van der Waals surface area contributed by atoms with Crippen LogP contribution in [0, 0.1) is 0 Å². The lowest BCUT2D eigenvalue weighted by molar-refractivity contribution is 0.0691. The highest BCUT2D eigenvalue weighted by Gasteiger charge is 2.12. The van der Waals surface area contributed by atoms with E-state index < -0.39 is 5.97 Å². The van der Waals surface area contributed by atoms with Gasteiger partial charge in [0.05, 0.1) is 11.0 Å². The summed E-state index contributed by atoms with van der Waals surface area (Å²) < 4.78 is 0. The zero-order valence-corrected chi connectivity index (χ0v) is 9.90. The molecule has 0 saturated heterocycles. The molecule has 0 bridgehead atoms. The van der Waals surface area contributed by atoms with Crippen LogP contribution in [0.3, 0.4) is 0 Å². The Morgan fingerprint density at radius 3 is 2.63 bits per heavy atom. The number of carboxylic acid groups (broad SMARTS) is 1. The second-order valence-corrected chi connectivity index (χ2v) is 4.61. The van der Waals surface area contributed by atoms with Gasteiger partial charge in [0.25, 0.3) is 0 Å². The molecule has 0 aliphatic rings. The van der Waals surface area contributed by atoms with Crippen molar-refractivity contribution in [2.24, 2.45) is 0 Å². The molecule has 2 aromatic carbocycles. The normalized spacial score (nSPS) is 11.6. The maximum absolute atomic E-state index is 11.0. The average Bonchev–Trinajstić information content (AvgIpc) is 2.99. The molecule has 0 aliphatic heterocycles. The van der Waals surface area contributed by atoms with E-state index in [0.29, 0.717) is 0 Å². The van der Waals surface area contributed by atoms with Crippen LogP contribution in [-0.4, -0.2) is 21.0 Å². The van der Waals surface area contributed by atoms with Gasteiger partial charge in [-0.25, -0.2) is 4.79 Å². The van der Waals surface area contributed by atoms with Crippen LogP contribution >= 0.6 is 0 Å². The molecule has 0 aliphatic carbocycles. The summed E-state index contributed by atoms with van der Waals surface area (Å²) in [7, 11) is 0. The van der Waals surface area contributed by atoms with Crippen molar-refractivity contribution < 1.29 is 9.90 Å². The molecular formula is C15H10N2O2. The number of aromatic carboxylic acids is 1.